The molecule has 16 heavy (non-hydrogen) atoms. The lowest BCUT2D eigenvalue weighted by Gasteiger charge is -2.27. The third kappa shape index (κ3) is 2.76. The fraction of sp³-hybridized carbons (Fsp3) is 0.538. The van der Waals surface area contributed by atoms with Crippen molar-refractivity contribution < 1.29 is 5.11 Å². The van der Waals surface area contributed by atoms with Crippen molar-refractivity contribution in [2.45, 2.75) is 25.3 Å². The first kappa shape index (κ1) is 11.9. The normalized spacial score (nSPS) is 18.9. The second-order valence-corrected chi connectivity index (χ2v) is 4.76. The van der Waals surface area contributed by atoms with Gasteiger partial charge < -0.3 is 5.11 Å². The van der Waals surface area contributed by atoms with Crippen LogP contribution in [0.5, 0.6) is 0 Å². The van der Waals surface area contributed by atoms with Gasteiger partial charge >= 0.3 is 0 Å². The molecule has 0 aromatic heterocycles. The average molecular weight is 240 g/mol. The number of likely N-dealkylation sites (tertiary alicyclic amines) is 1. The van der Waals surface area contributed by atoms with E-state index in [-0.39, 0.29) is 6.61 Å². The van der Waals surface area contributed by atoms with E-state index < -0.39 is 0 Å². The lowest BCUT2D eigenvalue weighted by molar-refractivity contribution is 0.185. The smallest absolute Gasteiger partial charge is 0.0449 e. The Balaban J connectivity index is 2.17. The van der Waals surface area contributed by atoms with E-state index >= 15 is 0 Å². The number of aliphatic hydroxyl groups excluding tert-OH is 1. The molecule has 2 nitrogen and oxygen atoms in total. The summed E-state index contributed by atoms with van der Waals surface area (Å²) in [5.41, 5.74) is 1.23. The number of hydrogen-bond donors (Lipinski definition) is 1. The predicted molar refractivity (Wildman–Crippen MR) is 66.7 cm³/mol. The van der Waals surface area contributed by atoms with Gasteiger partial charge in [-0.15, -0.1) is 0 Å². The van der Waals surface area contributed by atoms with Crippen molar-refractivity contribution in [1.29, 1.82) is 0 Å². The molecule has 1 aromatic carbocycles. The molecule has 0 spiro atoms. The highest BCUT2D eigenvalue weighted by molar-refractivity contribution is 6.30. The molecule has 1 heterocycles. The van der Waals surface area contributed by atoms with Gasteiger partial charge in [-0.25, -0.2) is 0 Å². The third-order valence-corrected chi connectivity index (χ3v) is 3.45. The molecular formula is C13H18ClNO. The minimum atomic E-state index is 0.230. The number of aliphatic hydroxyl groups is 1. The maximum Gasteiger partial charge on any atom is 0.0449 e. The molecule has 1 N–H and O–H groups in total. The summed E-state index contributed by atoms with van der Waals surface area (Å²) in [6.07, 6.45) is 3.32. The van der Waals surface area contributed by atoms with Gasteiger partial charge in [-0.3, -0.25) is 4.90 Å². The molecule has 0 amide bonds. The van der Waals surface area contributed by atoms with E-state index in [1.165, 1.54) is 18.4 Å². The highest BCUT2D eigenvalue weighted by atomic mass is 35.5. The maximum atomic E-state index is 9.17. The highest BCUT2D eigenvalue weighted by Gasteiger charge is 2.22. The Labute approximate surface area is 102 Å². The van der Waals surface area contributed by atoms with Crippen molar-refractivity contribution in [2.24, 2.45) is 0 Å². The third-order valence-electron chi connectivity index (χ3n) is 3.22. The number of benzene rings is 1. The summed E-state index contributed by atoms with van der Waals surface area (Å²) in [4.78, 5) is 2.45. The van der Waals surface area contributed by atoms with Crippen LogP contribution < -0.4 is 0 Å². The first-order valence-electron chi connectivity index (χ1n) is 5.91. The zero-order valence-corrected chi connectivity index (χ0v) is 10.2. The van der Waals surface area contributed by atoms with Gasteiger partial charge in [0, 0.05) is 17.7 Å². The van der Waals surface area contributed by atoms with Crippen LogP contribution >= 0.6 is 11.6 Å². The molecule has 0 saturated carbocycles. The zero-order valence-electron chi connectivity index (χ0n) is 9.40. The van der Waals surface area contributed by atoms with Gasteiger partial charge in [0.2, 0.25) is 0 Å². The van der Waals surface area contributed by atoms with Crippen molar-refractivity contribution in [3.8, 4) is 0 Å². The Kier molecular flexibility index (Phi) is 4.22. The van der Waals surface area contributed by atoms with E-state index in [1.807, 2.05) is 18.2 Å². The van der Waals surface area contributed by atoms with Gasteiger partial charge in [0.05, 0.1) is 0 Å². The van der Waals surface area contributed by atoms with E-state index in [4.69, 9.17) is 16.7 Å². The van der Waals surface area contributed by atoms with Crippen LogP contribution in [0.4, 0.5) is 0 Å². The molecule has 1 saturated heterocycles. The minimum absolute atomic E-state index is 0.230. The zero-order chi connectivity index (χ0) is 11.4. The Morgan fingerprint density at radius 1 is 1.31 bits per heavy atom. The molecule has 1 aliphatic rings. The van der Waals surface area contributed by atoms with Crippen LogP contribution in [0.2, 0.25) is 5.02 Å². The Morgan fingerprint density at radius 2 is 2.06 bits per heavy atom. The molecule has 0 bridgehead atoms. The van der Waals surface area contributed by atoms with E-state index in [2.05, 4.69) is 11.0 Å². The van der Waals surface area contributed by atoms with Crippen molar-refractivity contribution >= 4 is 11.6 Å². The lowest BCUT2D eigenvalue weighted by atomic mass is 10.0. The molecule has 88 valence electrons. The molecule has 3 heteroatoms. The van der Waals surface area contributed by atoms with Crippen LogP contribution in [0.25, 0.3) is 0 Å². The molecule has 1 atom stereocenters. The highest BCUT2D eigenvalue weighted by Crippen LogP contribution is 2.29. The van der Waals surface area contributed by atoms with Crippen molar-refractivity contribution in [2.75, 3.05) is 19.7 Å². The van der Waals surface area contributed by atoms with Gasteiger partial charge in [-0.05, 0) is 50.0 Å². The van der Waals surface area contributed by atoms with Crippen molar-refractivity contribution in [3.05, 3.63) is 34.9 Å². The topological polar surface area (TPSA) is 23.5 Å². The Morgan fingerprint density at radius 3 is 2.69 bits per heavy atom. The lowest BCUT2D eigenvalue weighted by Crippen LogP contribution is -2.26. The van der Waals surface area contributed by atoms with E-state index in [1.54, 1.807) is 0 Å². The van der Waals surface area contributed by atoms with Crippen molar-refractivity contribution in [1.82, 2.24) is 4.90 Å². The quantitative estimate of drug-likeness (QED) is 0.874. The molecule has 1 aromatic rings. The Hall–Kier alpha value is -0.570. The molecule has 1 aliphatic heterocycles. The van der Waals surface area contributed by atoms with E-state index in [9.17, 15) is 0 Å². The van der Waals surface area contributed by atoms with Crippen molar-refractivity contribution in [3.63, 3.8) is 0 Å². The van der Waals surface area contributed by atoms with E-state index in [0.29, 0.717) is 6.04 Å². The Bertz CT molecular complexity index is 336. The molecule has 2 rings (SSSR count). The van der Waals surface area contributed by atoms with Crippen LogP contribution in [0.3, 0.4) is 0 Å². The molecule has 0 radical (unpaired) electrons. The second kappa shape index (κ2) is 5.67. The van der Waals surface area contributed by atoms with Gasteiger partial charge in [0.25, 0.3) is 0 Å². The summed E-state index contributed by atoms with van der Waals surface area (Å²) in [6, 6.07) is 8.32. The van der Waals surface area contributed by atoms with Crippen LogP contribution in [0.15, 0.2) is 24.3 Å². The fourth-order valence-electron chi connectivity index (χ4n) is 2.45. The standard InChI is InChI=1S/C13H18ClNO/c14-12-5-3-4-11(10-12)13(6-9-16)15-7-1-2-8-15/h3-5,10,13,16H,1-2,6-9H2. The first-order valence-corrected chi connectivity index (χ1v) is 6.29. The number of rotatable bonds is 4. The van der Waals surface area contributed by atoms with Crippen LogP contribution in [-0.2, 0) is 0 Å². The molecule has 1 fully saturated rings. The minimum Gasteiger partial charge on any atom is -0.396 e. The summed E-state index contributed by atoms with van der Waals surface area (Å²) in [5.74, 6) is 0. The largest absolute Gasteiger partial charge is 0.396 e. The molecule has 0 aliphatic carbocycles. The van der Waals surface area contributed by atoms with Gasteiger partial charge in [-0.1, -0.05) is 23.7 Å². The molecular weight excluding hydrogens is 222 g/mol. The first-order chi connectivity index (χ1) is 7.81. The van der Waals surface area contributed by atoms with Crippen LogP contribution in [0, 0.1) is 0 Å². The SMILES string of the molecule is OCCC(c1cccc(Cl)c1)N1CCCC1. The number of halogens is 1. The van der Waals surface area contributed by atoms with Gasteiger partial charge in [0.15, 0.2) is 0 Å². The summed E-state index contributed by atoms with van der Waals surface area (Å²) in [6.45, 7) is 2.50. The summed E-state index contributed by atoms with van der Waals surface area (Å²) in [5, 5.41) is 9.95. The monoisotopic (exact) mass is 239 g/mol. The maximum absolute atomic E-state index is 9.17. The number of hydrogen-bond acceptors (Lipinski definition) is 2. The predicted octanol–water partition coefficient (Wildman–Crippen LogP) is 2.86. The second-order valence-electron chi connectivity index (χ2n) is 4.33. The van der Waals surface area contributed by atoms with E-state index in [0.717, 1.165) is 24.5 Å². The summed E-state index contributed by atoms with van der Waals surface area (Å²) >= 11 is 6.01. The average Bonchev–Trinajstić information content (AvgIpc) is 2.79. The fourth-order valence-corrected chi connectivity index (χ4v) is 2.65. The number of nitrogens with zero attached hydrogens (tertiary/aromatic N) is 1. The van der Waals surface area contributed by atoms with Gasteiger partial charge in [0.1, 0.15) is 0 Å². The summed E-state index contributed by atoms with van der Waals surface area (Å²) in [7, 11) is 0. The molecule has 1 unspecified atom stereocenters. The van der Waals surface area contributed by atoms with Crippen LogP contribution in [0.1, 0.15) is 30.9 Å². The van der Waals surface area contributed by atoms with Crippen LogP contribution in [-0.4, -0.2) is 29.7 Å². The summed E-state index contributed by atoms with van der Waals surface area (Å²) < 4.78 is 0. The van der Waals surface area contributed by atoms with Gasteiger partial charge in [-0.2, -0.15) is 0 Å².